The van der Waals surface area contributed by atoms with Crippen molar-refractivity contribution in [2.75, 3.05) is 19.7 Å². The first-order valence-electron chi connectivity index (χ1n) is 7.33. The monoisotopic (exact) mass is 331 g/mol. The molecule has 1 fully saturated rings. The number of carbonyl (C=O) groups excluding carboxylic acids is 1. The number of amides is 1. The van der Waals surface area contributed by atoms with Crippen molar-refractivity contribution < 1.29 is 27.4 Å². The predicted molar refractivity (Wildman–Crippen MR) is 77.9 cm³/mol. The van der Waals surface area contributed by atoms with E-state index in [0.29, 0.717) is 12.1 Å². The third kappa shape index (κ3) is 4.86. The van der Waals surface area contributed by atoms with Crippen molar-refractivity contribution in [3.05, 3.63) is 35.4 Å². The van der Waals surface area contributed by atoms with Crippen molar-refractivity contribution in [1.82, 2.24) is 4.90 Å². The molecule has 1 atom stereocenters. The Bertz CT molecular complexity index is 566. The molecule has 1 aromatic carbocycles. The fourth-order valence-electron chi connectivity index (χ4n) is 2.26. The maximum atomic E-state index is 12.8. The van der Waals surface area contributed by atoms with Gasteiger partial charge in [0.15, 0.2) is 0 Å². The summed E-state index contributed by atoms with van der Waals surface area (Å²) in [5.41, 5.74) is -0.956. The zero-order valence-corrected chi connectivity index (χ0v) is 13.3. The second-order valence-corrected chi connectivity index (χ2v) is 6.41. The smallest absolute Gasteiger partial charge is 0.416 e. The second-order valence-electron chi connectivity index (χ2n) is 6.41. The van der Waals surface area contributed by atoms with Crippen molar-refractivity contribution in [2.45, 2.75) is 38.7 Å². The Labute approximate surface area is 133 Å². The maximum Gasteiger partial charge on any atom is 0.416 e. The molecule has 0 aromatic heterocycles. The van der Waals surface area contributed by atoms with Crippen LogP contribution in [0.2, 0.25) is 0 Å². The fourth-order valence-corrected chi connectivity index (χ4v) is 2.26. The summed E-state index contributed by atoms with van der Waals surface area (Å²) in [6.45, 7) is 6.04. The molecular weight excluding hydrogens is 311 g/mol. The van der Waals surface area contributed by atoms with E-state index >= 15 is 0 Å². The zero-order chi connectivity index (χ0) is 17.3. The van der Waals surface area contributed by atoms with Crippen LogP contribution in [-0.2, 0) is 15.7 Å². The minimum absolute atomic E-state index is 0.163. The first-order valence-corrected chi connectivity index (χ1v) is 7.33. The van der Waals surface area contributed by atoms with Crippen molar-refractivity contribution in [3.8, 4) is 0 Å². The van der Waals surface area contributed by atoms with Gasteiger partial charge in [0.1, 0.15) is 11.7 Å². The van der Waals surface area contributed by atoms with Crippen LogP contribution in [0.5, 0.6) is 0 Å². The van der Waals surface area contributed by atoms with Crippen LogP contribution in [-0.4, -0.2) is 36.3 Å². The van der Waals surface area contributed by atoms with E-state index in [9.17, 15) is 18.0 Å². The molecule has 1 aliphatic heterocycles. The molecule has 7 heteroatoms. The summed E-state index contributed by atoms with van der Waals surface area (Å²) < 4.78 is 49.2. The number of rotatable bonds is 1. The van der Waals surface area contributed by atoms with E-state index in [0.717, 1.165) is 12.1 Å². The largest absolute Gasteiger partial charge is 0.444 e. The minimum Gasteiger partial charge on any atom is -0.444 e. The van der Waals surface area contributed by atoms with Crippen molar-refractivity contribution in [3.63, 3.8) is 0 Å². The van der Waals surface area contributed by atoms with Gasteiger partial charge in [0.2, 0.25) is 0 Å². The zero-order valence-electron chi connectivity index (χ0n) is 13.3. The van der Waals surface area contributed by atoms with E-state index in [1.165, 1.54) is 11.0 Å². The van der Waals surface area contributed by atoms with Gasteiger partial charge in [-0.15, -0.1) is 0 Å². The maximum absolute atomic E-state index is 12.8. The Balaban J connectivity index is 2.11. The average Bonchev–Trinajstić information content (AvgIpc) is 2.45. The van der Waals surface area contributed by atoms with E-state index in [2.05, 4.69) is 0 Å². The minimum atomic E-state index is -4.41. The molecule has 1 aromatic rings. The molecular formula is C16H20F3NO3. The van der Waals surface area contributed by atoms with Gasteiger partial charge in [-0.2, -0.15) is 13.2 Å². The molecule has 1 heterocycles. The van der Waals surface area contributed by atoms with Gasteiger partial charge in [0, 0.05) is 6.54 Å². The highest BCUT2D eigenvalue weighted by molar-refractivity contribution is 5.68. The number of morpholine rings is 1. The van der Waals surface area contributed by atoms with Crippen LogP contribution in [0.4, 0.5) is 18.0 Å². The van der Waals surface area contributed by atoms with Gasteiger partial charge in [-0.25, -0.2) is 4.79 Å². The fraction of sp³-hybridized carbons (Fsp3) is 0.562. The number of carbonyl (C=O) groups is 1. The highest BCUT2D eigenvalue weighted by Gasteiger charge is 2.33. The molecule has 0 aliphatic carbocycles. The molecule has 1 saturated heterocycles. The number of alkyl halides is 3. The highest BCUT2D eigenvalue weighted by atomic mass is 19.4. The van der Waals surface area contributed by atoms with Crippen LogP contribution in [0, 0.1) is 0 Å². The lowest BCUT2D eigenvalue weighted by molar-refractivity contribution is -0.137. The van der Waals surface area contributed by atoms with E-state index in [1.807, 2.05) is 0 Å². The molecule has 1 aliphatic rings. The third-order valence-corrected chi connectivity index (χ3v) is 3.30. The molecule has 0 spiro atoms. The van der Waals surface area contributed by atoms with E-state index in [4.69, 9.17) is 9.47 Å². The van der Waals surface area contributed by atoms with Crippen LogP contribution in [0.15, 0.2) is 24.3 Å². The third-order valence-electron chi connectivity index (χ3n) is 3.30. The van der Waals surface area contributed by atoms with Gasteiger partial charge in [-0.05, 0) is 38.5 Å². The Morgan fingerprint density at radius 1 is 1.30 bits per heavy atom. The lowest BCUT2D eigenvalue weighted by Crippen LogP contribution is -2.44. The van der Waals surface area contributed by atoms with Gasteiger partial charge < -0.3 is 14.4 Å². The normalized spacial score (nSPS) is 19.6. The first kappa shape index (κ1) is 17.6. The second kappa shape index (κ2) is 6.39. The summed E-state index contributed by atoms with van der Waals surface area (Å²) >= 11 is 0. The molecule has 2 rings (SSSR count). The summed E-state index contributed by atoms with van der Waals surface area (Å²) in [5, 5.41) is 0. The van der Waals surface area contributed by atoms with Crippen LogP contribution in [0.25, 0.3) is 0 Å². The molecule has 0 radical (unpaired) electrons. The number of hydrogen-bond donors (Lipinski definition) is 0. The molecule has 0 unspecified atom stereocenters. The molecule has 1 amide bonds. The van der Waals surface area contributed by atoms with Crippen LogP contribution < -0.4 is 0 Å². The SMILES string of the molecule is CC(C)(C)OC(=O)N1CCO[C@@H](c2cccc(C(F)(F)F)c2)C1. The van der Waals surface area contributed by atoms with E-state index < -0.39 is 29.5 Å². The van der Waals surface area contributed by atoms with Crippen LogP contribution >= 0.6 is 0 Å². The van der Waals surface area contributed by atoms with Gasteiger partial charge in [-0.3, -0.25) is 0 Å². The summed E-state index contributed by atoms with van der Waals surface area (Å²) in [4.78, 5) is 13.5. The number of nitrogens with zero attached hydrogens (tertiary/aromatic N) is 1. The first-order chi connectivity index (χ1) is 10.6. The van der Waals surface area contributed by atoms with Crippen molar-refractivity contribution >= 4 is 6.09 Å². The number of hydrogen-bond acceptors (Lipinski definition) is 3. The van der Waals surface area contributed by atoms with Crippen LogP contribution in [0.3, 0.4) is 0 Å². The Morgan fingerprint density at radius 2 is 2.00 bits per heavy atom. The Kier molecular flexibility index (Phi) is 4.89. The summed E-state index contributed by atoms with van der Waals surface area (Å²) in [6, 6.07) is 4.98. The molecule has 4 nitrogen and oxygen atoms in total. The summed E-state index contributed by atoms with van der Waals surface area (Å²) in [6.07, 6.45) is -5.49. The molecule has 0 saturated carbocycles. The lowest BCUT2D eigenvalue weighted by Gasteiger charge is -2.34. The molecule has 0 N–H and O–H groups in total. The molecule has 23 heavy (non-hydrogen) atoms. The number of halogens is 3. The van der Waals surface area contributed by atoms with E-state index in [1.54, 1.807) is 26.8 Å². The summed E-state index contributed by atoms with van der Waals surface area (Å²) in [5.74, 6) is 0. The van der Waals surface area contributed by atoms with Crippen molar-refractivity contribution in [1.29, 1.82) is 0 Å². The topological polar surface area (TPSA) is 38.8 Å². The van der Waals surface area contributed by atoms with Crippen molar-refractivity contribution in [2.24, 2.45) is 0 Å². The Hall–Kier alpha value is -1.76. The Morgan fingerprint density at radius 3 is 2.61 bits per heavy atom. The quantitative estimate of drug-likeness (QED) is 0.780. The summed E-state index contributed by atoms with van der Waals surface area (Å²) in [7, 11) is 0. The van der Waals surface area contributed by atoms with Gasteiger partial charge in [0.05, 0.1) is 18.7 Å². The van der Waals surface area contributed by atoms with Gasteiger partial charge in [-0.1, -0.05) is 12.1 Å². The number of ether oxygens (including phenoxy) is 2. The number of benzene rings is 1. The van der Waals surface area contributed by atoms with Crippen LogP contribution in [0.1, 0.15) is 38.0 Å². The average molecular weight is 331 g/mol. The lowest BCUT2D eigenvalue weighted by atomic mass is 10.0. The van der Waals surface area contributed by atoms with Gasteiger partial charge in [0.25, 0.3) is 0 Å². The molecule has 128 valence electrons. The molecule has 0 bridgehead atoms. The predicted octanol–water partition coefficient (Wildman–Crippen LogP) is 4.01. The van der Waals surface area contributed by atoms with E-state index in [-0.39, 0.29) is 13.2 Å². The standard InChI is InChI=1S/C16H20F3NO3/c1-15(2,3)23-14(21)20-7-8-22-13(10-20)11-5-4-6-12(9-11)16(17,18)19/h4-6,9,13H,7-8,10H2,1-3H3/t13-/m1/s1. The highest BCUT2D eigenvalue weighted by Crippen LogP contribution is 2.32. The van der Waals surface area contributed by atoms with Gasteiger partial charge >= 0.3 is 12.3 Å².